The third-order valence-electron chi connectivity index (χ3n) is 3.77. The number of piperidine rings is 1. The molecule has 1 fully saturated rings. The second kappa shape index (κ2) is 6.22. The smallest absolute Gasteiger partial charge is 0.273 e. The van der Waals surface area contributed by atoms with Crippen LogP contribution in [0.4, 0.5) is 5.69 Å². The summed E-state index contributed by atoms with van der Waals surface area (Å²) in [7, 11) is 0. The van der Waals surface area contributed by atoms with Gasteiger partial charge in [0.1, 0.15) is 0 Å². The lowest BCUT2D eigenvalue weighted by Crippen LogP contribution is -2.38. The summed E-state index contributed by atoms with van der Waals surface area (Å²) < 4.78 is 0. The van der Waals surface area contributed by atoms with E-state index in [1.807, 2.05) is 0 Å². The average molecular weight is 297 g/mol. The predicted molar refractivity (Wildman–Crippen MR) is 77.2 cm³/mol. The molecule has 2 rings (SSSR count). The molecular weight excluding hydrogens is 280 g/mol. The van der Waals surface area contributed by atoms with Gasteiger partial charge in [0.25, 0.3) is 11.6 Å². The van der Waals surface area contributed by atoms with Crippen LogP contribution in [-0.2, 0) is 0 Å². The van der Waals surface area contributed by atoms with Gasteiger partial charge in [0, 0.05) is 36.2 Å². The van der Waals surface area contributed by atoms with Crippen LogP contribution in [-0.4, -0.2) is 34.7 Å². The van der Waals surface area contributed by atoms with Gasteiger partial charge in [-0.25, -0.2) is 0 Å². The number of nitro benzene ring substituents is 1. The Kier molecular flexibility index (Phi) is 4.60. The summed E-state index contributed by atoms with van der Waals surface area (Å²) in [6, 6.07) is 4.64. The molecule has 1 aromatic rings. The number of alkyl halides is 1. The molecule has 0 atom stereocenters. The van der Waals surface area contributed by atoms with Crippen LogP contribution in [0.3, 0.4) is 0 Å². The van der Waals surface area contributed by atoms with E-state index in [0.29, 0.717) is 36.0 Å². The summed E-state index contributed by atoms with van der Waals surface area (Å²) in [6.07, 6.45) is 1.78. The third-order valence-corrected chi connectivity index (χ3v) is 4.21. The van der Waals surface area contributed by atoms with Gasteiger partial charge in [0.05, 0.1) is 4.92 Å². The van der Waals surface area contributed by atoms with E-state index >= 15 is 0 Å². The molecule has 0 aromatic heterocycles. The van der Waals surface area contributed by atoms with E-state index in [-0.39, 0.29) is 11.6 Å². The molecule has 1 amide bonds. The first-order chi connectivity index (χ1) is 9.52. The zero-order valence-electron chi connectivity index (χ0n) is 11.3. The Morgan fingerprint density at radius 1 is 1.45 bits per heavy atom. The number of amides is 1. The van der Waals surface area contributed by atoms with E-state index < -0.39 is 4.92 Å². The van der Waals surface area contributed by atoms with Gasteiger partial charge in [0.2, 0.25) is 0 Å². The molecule has 1 saturated heterocycles. The number of aryl methyl sites for hydroxylation is 1. The quantitative estimate of drug-likeness (QED) is 0.489. The third kappa shape index (κ3) is 3.10. The van der Waals surface area contributed by atoms with E-state index in [0.717, 1.165) is 12.8 Å². The first-order valence-electron chi connectivity index (χ1n) is 6.63. The van der Waals surface area contributed by atoms with Crippen LogP contribution in [0, 0.1) is 23.0 Å². The molecular formula is C14H17ClN2O3. The molecule has 0 bridgehead atoms. The number of halogens is 1. The molecule has 1 heterocycles. The summed E-state index contributed by atoms with van der Waals surface area (Å²) in [5.41, 5.74) is 0.936. The highest BCUT2D eigenvalue weighted by molar-refractivity contribution is 6.18. The molecule has 108 valence electrons. The molecule has 0 spiro atoms. The topological polar surface area (TPSA) is 63.5 Å². The number of hydrogen-bond acceptors (Lipinski definition) is 3. The van der Waals surface area contributed by atoms with Crippen LogP contribution in [0.5, 0.6) is 0 Å². The van der Waals surface area contributed by atoms with Gasteiger partial charge in [-0.1, -0.05) is 6.07 Å². The summed E-state index contributed by atoms with van der Waals surface area (Å²) in [4.78, 5) is 24.6. The van der Waals surface area contributed by atoms with E-state index in [1.165, 1.54) is 6.07 Å². The minimum atomic E-state index is -0.453. The first kappa shape index (κ1) is 14.8. The Balaban J connectivity index is 2.14. The number of rotatable bonds is 3. The largest absolute Gasteiger partial charge is 0.339 e. The van der Waals surface area contributed by atoms with Gasteiger partial charge in [-0.15, -0.1) is 11.6 Å². The van der Waals surface area contributed by atoms with Crippen LogP contribution < -0.4 is 0 Å². The molecule has 0 N–H and O–H groups in total. The van der Waals surface area contributed by atoms with Crippen molar-refractivity contribution in [3.63, 3.8) is 0 Å². The average Bonchev–Trinajstić information content (AvgIpc) is 2.47. The zero-order valence-corrected chi connectivity index (χ0v) is 12.1. The van der Waals surface area contributed by atoms with Crippen molar-refractivity contribution in [1.82, 2.24) is 4.90 Å². The summed E-state index contributed by atoms with van der Waals surface area (Å²) >= 11 is 5.82. The Hall–Kier alpha value is -1.62. The van der Waals surface area contributed by atoms with Crippen molar-refractivity contribution < 1.29 is 9.72 Å². The van der Waals surface area contributed by atoms with Gasteiger partial charge in [-0.2, -0.15) is 0 Å². The van der Waals surface area contributed by atoms with Gasteiger partial charge >= 0.3 is 0 Å². The van der Waals surface area contributed by atoms with Crippen LogP contribution in [0.1, 0.15) is 28.8 Å². The monoisotopic (exact) mass is 296 g/mol. The molecule has 5 nitrogen and oxygen atoms in total. The van der Waals surface area contributed by atoms with Crippen molar-refractivity contribution >= 4 is 23.2 Å². The highest BCUT2D eigenvalue weighted by Crippen LogP contribution is 2.23. The second-order valence-electron chi connectivity index (χ2n) is 5.15. The minimum absolute atomic E-state index is 0.00788. The molecule has 0 aliphatic carbocycles. The number of carbonyl (C=O) groups is 1. The van der Waals surface area contributed by atoms with Crippen LogP contribution in [0.25, 0.3) is 0 Å². The number of nitrogens with zero attached hydrogens (tertiary/aromatic N) is 2. The number of nitro groups is 1. The van der Waals surface area contributed by atoms with Crippen LogP contribution >= 0.6 is 11.6 Å². The molecule has 0 unspecified atom stereocenters. The number of hydrogen-bond donors (Lipinski definition) is 0. The van der Waals surface area contributed by atoms with Gasteiger partial charge < -0.3 is 4.90 Å². The fraction of sp³-hybridized carbons (Fsp3) is 0.500. The van der Waals surface area contributed by atoms with Gasteiger partial charge in [-0.3, -0.25) is 14.9 Å². The highest BCUT2D eigenvalue weighted by Gasteiger charge is 2.24. The molecule has 1 aliphatic heterocycles. The highest BCUT2D eigenvalue weighted by atomic mass is 35.5. The maximum absolute atomic E-state index is 12.4. The number of carbonyl (C=O) groups excluding carboxylic acids is 1. The maximum Gasteiger partial charge on any atom is 0.273 e. The van der Waals surface area contributed by atoms with Crippen molar-refractivity contribution in [3.05, 3.63) is 39.4 Å². The predicted octanol–water partition coefficient (Wildman–Crippen LogP) is 2.99. The summed E-state index contributed by atoms with van der Waals surface area (Å²) in [5, 5.41) is 10.9. The molecule has 6 heteroatoms. The molecule has 1 aliphatic rings. The molecule has 20 heavy (non-hydrogen) atoms. The van der Waals surface area contributed by atoms with Crippen molar-refractivity contribution in [1.29, 1.82) is 0 Å². The second-order valence-corrected chi connectivity index (χ2v) is 5.46. The Morgan fingerprint density at radius 3 is 2.65 bits per heavy atom. The standard InChI is InChI=1S/C14H17ClN2O3/c1-10-2-3-12(8-13(10)17(19)20)14(18)16-6-4-11(9-15)5-7-16/h2-3,8,11H,4-7,9H2,1H3. The lowest BCUT2D eigenvalue weighted by atomic mass is 9.98. The maximum atomic E-state index is 12.4. The van der Waals surface area contributed by atoms with E-state index in [2.05, 4.69) is 0 Å². The van der Waals surface area contributed by atoms with E-state index in [4.69, 9.17) is 11.6 Å². The van der Waals surface area contributed by atoms with Gasteiger partial charge in [-0.05, 0) is 31.7 Å². The van der Waals surface area contributed by atoms with E-state index in [1.54, 1.807) is 24.0 Å². The SMILES string of the molecule is Cc1ccc(C(=O)N2CCC(CCl)CC2)cc1[N+](=O)[O-]. The van der Waals surface area contributed by atoms with E-state index in [9.17, 15) is 14.9 Å². The summed E-state index contributed by atoms with van der Waals surface area (Å²) in [5.74, 6) is 0.951. The number of benzene rings is 1. The van der Waals surface area contributed by atoms with Gasteiger partial charge in [0.15, 0.2) is 0 Å². The molecule has 0 saturated carbocycles. The van der Waals surface area contributed by atoms with Crippen molar-refractivity contribution in [2.24, 2.45) is 5.92 Å². The normalized spacial score (nSPS) is 16.2. The fourth-order valence-electron chi connectivity index (χ4n) is 2.41. The Labute approximate surface area is 122 Å². The number of likely N-dealkylation sites (tertiary alicyclic amines) is 1. The van der Waals surface area contributed by atoms with Crippen molar-refractivity contribution in [2.75, 3.05) is 19.0 Å². The lowest BCUT2D eigenvalue weighted by Gasteiger charge is -2.31. The van der Waals surface area contributed by atoms with Crippen LogP contribution in [0.15, 0.2) is 18.2 Å². The molecule has 0 radical (unpaired) electrons. The first-order valence-corrected chi connectivity index (χ1v) is 7.16. The van der Waals surface area contributed by atoms with Crippen LogP contribution in [0.2, 0.25) is 0 Å². The van der Waals surface area contributed by atoms with Crippen molar-refractivity contribution in [2.45, 2.75) is 19.8 Å². The Morgan fingerprint density at radius 2 is 2.10 bits per heavy atom. The summed E-state index contributed by atoms with van der Waals surface area (Å²) in [6.45, 7) is 2.99. The minimum Gasteiger partial charge on any atom is -0.339 e. The van der Waals surface area contributed by atoms with Crippen molar-refractivity contribution in [3.8, 4) is 0 Å². The fourth-order valence-corrected chi connectivity index (χ4v) is 2.72. The Bertz CT molecular complexity index is 525. The zero-order chi connectivity index (χ0) is 14.7. The molecule has 1 aromatic carbocycles. The lowest BCUT2D eigenvalue weighted by molar-refractivity contribution is -0.385.